The van der Waals surface area contributed by atoms with Crippen LogP contribution < -0.4 is 5.32 Å². The number of imide groups is 1. The number of hydrogen-bond donors (Lipinski definition) is 2. The number of fused-ring (bicyclic) bond motifs is 2. The quantitative estimate of drug-likeness (QED) is 0.238. The van der Waals surface area contributed by atoms with Crippen molar-refractivity contribution in [2.45, 2.75) is 87.9 Å². The second kappa shape index (κ2) is 12.4. The Hall–Kier alpha value is -1.38. The third-order valence-corrected chi connectivity index (χ3v) is 13.6. The first-order chi connectivity index (χ1) is 17.9. The van der Waals surface area contributed by atoms with Crippen LogP contribution in [0.3, 0.4) is 0 Å². The van der Waals surface area contributed by atoms with E-state index in [-0.39, 0.29) is 63.5 Å². The number of amides is 2. The van der Waals surface area contributed by atoms with Gasteiger partial charge in [-0.1, -0.05) is 0 Å². The summed E-state index contributed by atoms with van der Waals surface area (Å²) >= 11 is 2.05. The van der Waals surface area contributed by atoms with Gasteiger partial charge in [-0.05, 0) is 0 Å². The molecule has 210 valence electrons. The SMILES string of the molecule is CC(=O)NC(=O)CCC[N+]1=C(C=C2SC3CC(C)C(C)CC3N2CCS(=O)(=O)O)[Se]C2CCC(C#N)CC21. The predicted octanol–water partition coefficient (Wildman–Crippen LogP) is 2.62. The van der Waals surface area contributed by atoms with Gasteiger partial charge in [-0.25, -0.2) is 0 Å². The van der Waals surface area contributed by atoms with E-state index >= 15 is 0 Å². The molecule has 7 atom stereocenters. The van der Waals surface area contributed by atoms with Crippen LogP contribution in [0.1, 0.15) is 65.7 Å². The van der Waals surface area contributed by atoms with Crippen LogP contribution in [0.5, 0.6) is 0 Å². The van der Waals surface area contributed by atoms with Crippen molar-refractivity contribution in [1.82, 2.24) is 10.2 Å². The molecule has 38 heavy (non-hydrogen) atoms. The molecule has 3 fully saturated rings. The summed E-state index contributed by atoms with van der Waals surface area (Å²) in [7, 11) is -4.07. The predicted molar refractivity (Wildman–Crippen MR) is 148 cm³/mol. The van der Waals surface area contributed by atoms with Gasteiger partial charge in [0.05, 0.1) is 0 Å². The van der Waals surface area contributed by atoms with E-state index in [0.29, 0.717) is 34.9 Å². The Balaban J connectivity index is 1.61. The Labute approximate surface area is 236 Å². The summed E-state index contributed by atoms with van der Waals surface area (Å²) in [5.41, 5.74) is 0. The number of carbonyl (C=O) groups is 2. The van der Waals surface area contributed by atoms with Crippen molar-refractivity contribution >= 4 is 53.3 Å². The van der Waals surface area contributed by atoms with Crippen LogP contribution in [0.15, 0.2) is 11.1 Å². The maximum absolute atomic E-state index is 12.1. The zero-order valence-electron chi connectivity index (χ0n) is 22.3. The first kappa shape index (κ1) is 29.6. The van der Waals surface area contributed by atoms with Gasteiger partial charge in [0, 0.05) is 0 Å². The molecule has 4 aliphatic rings. The van der Waals surface area contributed by atoms with Crippen molar-refractivity contribution in [2.75, 3.05) is 18.8 Å². The van der Waals surface area contributed by atoms with Crippen LogP contribution in [0.4, 0.5) is 0 Å². The van der Waals surface area contributed by atoms with Crippen molar-refractivity contribution in [3.8, 4) is 6.07 Å². The molecule has 0 aromatic rings. The number of allylic oxidation sites excluding steroid dienone is 1. The molecule has 2 amide bonds. The average Bonchev–Trinajstić information content (AvgIpc) is 3.33. The molecule has 0 aromatic carbocycles. The molecule has 0 radical (unpaired) electrons. The van der Waals surface area contributed by atoms with Gasteiger partial charge in [-0.2, -0.15) is 0 Å². The third kappa shape index (κ3) is 7.22. The molecular weight excluding hydrogens is 591 g/mol. The second-order valence-corrected chi connectivity index (χ2v) is 16.7. The fourth-order valence-corrected chi connectivity index (χ4v) is 11.7. The topological polar surface area (TPSA) is 131 Å². The minimum absolute atomic E-state index is 0.0422. The molecule has 2 heterocycles. The summed E-state index contributed by atoms with van der Waals surface area (Å²) < 4.78 is 36.4. The normalized spacial score (nSPS) is 34.1. The Bertz CT molecular complexity index is 1150. The Morgan fingerprint density at radius 2 is 2.00 bits per heavy atom. The number of nitriles is 1. The summed E-state index contributed by atoms with van der Waals surface area (Å²) in [6.45, 7) is 6.85. The van der Waals surface area contributed by atoms with Crippen LogP contribution in [-0.2, 0) is 19.7 Å². The van der Waals surface area contributed by atoms with Gasteiger partial charge in [-0.3, -0.25) is 0 Å². The van der Waals surface area contributed by atoms with Crippen LogP contribution in [-0.4, -0.2) is 90.0 Å². The molecule has 0 aromatic heterocycles. The summed E-state index contributed by atoms with van der Waals surface area (Å²) in [5.74, 6) is 0.291. The average molecular weight is 631 g/mol. The van der Waals surface area contributed by atoms with Crippen LogP contribution in [0.2, 0.25) is 4.82 Å². The molecule has 0 bridgehead atoms. The Morgan fingerprint density at radius 1 is 1.26 bits per heavy atom. The van der Waals surface area contributed by atoms with E-state index in [2.05, 4.69) is 40.8 Å². The van der Waals surface area contributed by atoms with Crippen LogP contribution in [0.25, 0.3) is 0 Å². The summed E-state index contributed by atoms with van der Waals surface area (Å²) in [6.07, 6.45) is 7.99. The van der Waals surface area contributed by atoms with Gasteiger partial charge in [-0.15, -0.1) is 0 Å². The van der Waals surface area contributed by atoms with Gasteiger partial charge < -0.3 is 0 Å². The van der Waals surface area contributed by atoms with E-state index in [4.69, 9.17) is 0 Å². The number of nitrogens with one attached hydrogen (secondary N) is 1. The molecule has 1 saturated heterocycles. The van der Waals surface area contributed by atoms with E-state index in [1.807, 2.05) is 11.8 Å². The molecular formula is C26H39N4O5S2Se+. The zero-order valence-corrected chi connectivity index (χ0v) is 25.7. The van der Waals surface area contributed by atoms with E-state index in [1.165, 1.54) is 11.5 Å². The Morgan fingerprint density at radius 3 is 2.68 bits per heavy atom. The van der Waals surface area contributed by atoms with Crippen molar-refractivity contribution in [3.63, 3.8) is 0 Å². The fourth-order valence-electron chi connectivity index (χ4n) is 6.22. The standard InChI is InChI=1S/C26H38N4O5S2Se/c1-16-11-20-22(12-17(16)2)36-25(29(20)9-10-37(33,34)35)14-26-30(8-4-5-24(32)28-18(3)31)21-13-19(15-27)6-7-23(21)38-26/h14,16-17,19-23H,4-13H2,1-3H3,(H-,28,31,32,33,34,35)/p+1. The van der Waals surface area contributed by atoms with E-state index in [9.17, 15) is 27.8 Å². The van der Waals surface area contributed by atoms with E-state index in [0.717, 1.165) is 37.1 Å². The maximum atomic E-state index is 12.1. The van der Waals surface area contributed by atoms with Crippen molar-refractivity contribution in [1.29, 1.82) is 5.26 Å². The zero-order chi connectivity index (χ0) is 27.6. The van der Waals surface area contributed by atoms with E-state index in [1.54, 1.807) is 0 Å². The summed E-state index contributed by atoms with van der Waals surface area (Å²) in [4.78, 5) is 26.0. The molecule has 9 nitrogen and oxygen atoms in total. The second-order valence-electron chi connectivity index (χ2n) is 11.2. The van der Waals surface area contributed by atoms with Gasteiger partial charge in [0.1, 0.15) is 0 Å². The molecule has 2 N–H and O–H groups in total. The summed E-state index contributed by atoms with van der Waals surface area (Å²) in [6, 6.07) is 2.99. The monoisotopic (exact) mass is 631 g/mol. The van der Waals surface area contributed by atoms with Gasteiger partial charge in [0.2, 0.25) is 0 Å². The van der Waals surface area contributed by atoms with Crippen LogP contribution >= 0.6 is 11.8 Å². The first-order valence-corrected chi connectivity index (χ1v) is 17.9. The minimum atomic E-state index is -4.07. The molecule has 2 saturated carbocycles. The van der Waals surface area contributed by atoms with Gasteiger partial charge >= 0.3 is 238 Å². The molecule has 2 aliphatic carbocycles. The Kier molecular flexibility index (Phi) is 9.68. The van der Waals surface area contributed by atoms with Gasteiger partial charge in [0.15, 0.2) is 0 Å². The third-order valence-electron chi connectivity index (χ3n) is 8.42. The number of carbonyl (C=O) groups excluding carboxylic acids is 2. The molecule has 7 unspecified atom stereocenters. The van der Waals surface area contributed by atoms with Crippen LogP contribution in [0, 0.1) is 29.1 Å². The summed E-state index contributed by atoms with van der Waals surface area (Å²) in [5, 5.41) is 13.4. The fraction of sp³-hybridized carbons (Fsp3) is 0.769. The van der Waals surface area contributed by atoms with Crippen molar-refractivity contribution in [3.05, 3.63) is 11.1 Å². The number of thioether (sulfide) groups is 1. The number of nitrogens with zero attached hydrogens (tertiary/aromatic N) is 3. The number of rotatable bonds is 8. The first-order valence-electron chi connectivity index (χ1n) is 13.6. The molecule has 12 heteroatoms. The molecule has 0 spiro atoms. The number of hydrogen-bond acceptors (Lipinski definition) is 7. The molecule has 4 rings (SSSR count). The molecule has 2 aliphatic heterocycles. The van der Waals surface area contributed by atoms with Crippen molar-refractivity contribution < 1.29 is 27.1 Å². The van der Waals surface area contributed by atoms with Crippen molar-refractivity contribution in [2.24, 2.45) is 17.8 Å². The van der Waals surface area contributed by atoms with Gasteiger partial charge in [0.25, 0.3) is 0 Å². The van der Waals surface area contributed by atoms with E-state index < -0.39 is 10.1 Å².